The Hall–Kier alpha value is -3.68. The lowest BCUT2D eigenvalue weighted by Gasteiger charge is -2.22. The third-order valence-corrected chi connectivity index (χ3v) is 6.89. The highest BCUT2D eigenvalue weighted by atomic mass is 35.5. The van der Waals surface area contributed by atoms with Crippen LogP contribution in [0.15, 0.2) is 71.5 Å². The summed E-state index contributed by atoms with van der Waals surface area (Å²) < 4.78 is 23.5. The van der Waals surface area contributed by atoms with E-state index in [0.29, 0.717) is 39.9 Å². The minimum absolute atomic E-state index is 0.0453. The number of nitrogens with zero attached hydrogens (tertiary/aromatic N) is 3. The number of nitrogens with one attached hydrogen (secondary N) is 1. The molecule has 176 valence electrons. The number of piperidine rings is 1. The Morgan fingerprint density at radius 1 is 1.03 bits per heavy atom. The van der Waals surface area contributed by atoms with E-state index in [1.54, 1.807) is 18.3 Å². The SMILES string of the molecule is Nc1ncc(-c2cnn(C3CCNCC3)c2)cc1-c1oc2ccccc2c1-c1cccc(Cl)c1F. The van der Waals surface area contributed by atoms with Gasteiger partial charge >= 0.3 is 0 Å². The van der Waals surface area contributed by atoms with Crippen LogP contribution in [0.5, 0.6) is 0 Å². The summed E-state index contributed by atoms with van der Waals surface area (Å²) in [5.74, 6) is 0.236. The smallest absolute Gasteiger partial charge is 0.149 e. The van der Waals surface area contributed by atoms with Crippen molar-refractivity contribution in [2.24, 2.45) is 0 Å². The van der Waals surface area contributed by atoms with E-state index in [0.717, 1.165) is 42.4 Å². The minimum Gasteiger partial charge on any atom is -0.455 e. The second-order valence-corrected chi connectivity index (χ2v) is 9.16. The monoisotopic (exact) mass is 487 g/mol. The molecule has 0 aliphatic carbocycles. The number of nitrogens with two attached hydrogens (primary N) is 1. The normalized spacial score (nSPS) is 14.6. The quantitative estimate of drug-likeness (QED) is 0.310. The molecule has 3 aromatic heterocycles. The lowest BCUT2D eigenvalue weighted by atomic mass is 9.97. The van der Waals surface area contributed by atoms with Crippen LogP contribution in [0.1, 0.15) is 18.9 Å². The molecule has 4 heterocycles. The molecule has 1 aliphatic heterocycles. The molecule has 2 aromatic carbocycles. The number of hydrogen-bond acceptors (Lipinski definition) is 5. The molecular formula is C27H23ClFN5O. The van der Waals surface area contributed by atoms with Crippen molar-refractivity contribution in [1.29, 1.82) is 0 Å². The number of anilines is 1. The molecule has 35 heavy (non-hydrogen) atoms. The zero-order valence-electron chi connectivity index (χ0n) is 18.8. The molecule has 8 heteroatoms. The van der Waals surface area contributed by atoms with Gasteiger partial charge in [0.2, 0.25) is 0 Å². The molecule has 1 fully saturated rings. The van der Waals surface area contributed by atoms with Gasteiger partial charge in [-0.05, 0) is 44.1 Å². The molecule has 0 spiro atoms. The van der Waals surface area contributed by atoms with Gasteiger partial charge in [0, 0.05) is 40.0 Å². The van der Waals surface area contributed by atoms with Crippen LogP contribution in [-0.2, 0) is 0 Å². The summed E-state index contributed by atoms with van der Waals surface area (Å²) in [6.45, 7) is 1.98. The van der Waals surface area contributed by atoms with Crippen molar-refractivity contribution in [2.45, 2.75) is 18.9 Å². The summed E-state index contributed by atoms with van der Waals surface area (Å²) in [5, 5.41) is 8.80. The first-order valence-corrected chi connectivity index (χ1v) is 11.9. The van der Waals surface area contributed by atoms with E-state index in [1.165, 1.54) is 6.07 Å². The van der Waals surface area contributed by atoms with Gasteiger partial charge in [-0.25, -0.2) is 9.37 Å². The Labute approximate surface area is 206 Å². The van der Waals surface area contributed by atoms with E-state index in [2.05, 4.69) is 15.4 Å². The number of hydrogen-bond donors (Lipinski definition) is 2. The Balaban J connectivity index is 1.50. The van der Waals surface area contributed by atoms with Crippen LogP contribution < -0.4 is 11.1 Å². The van der Waals surface area contributed by atoms with Gasteiger partial charge in [0.25, 0.3) is 0 Å². The van der Waals surface area contributed by atoms with Crippen LogP contribution >= 0.6 is 11.6 Å². The van der Waals surface area contributed by atoms with Crippen molar-refractivity contribution in [1.82, 2.24) is 20.1 Å². The number of halogens is 2. The maximum Gasteiger partial charge on any atom is 0.149 e. The van der Waals surface area contributed by atoms with Crippen molar-refractivity contribution in [2.75, 3.05) is 18.8 Å². The van der Waals surface area contributed by atoms with Crippen molar-refractivity contribution < 1.29 is 8.81 Å². The fourth-order valence-corrected chi connectivity index (χ4v) is 4.95. The first-order valence-electron chi connectivity index (χ1n) is 11.6. The highest BCUT2D eigenvalue weighted by molar-refractivity contribution is 6.31. The molecule has 6 nitrogen and oxygen atoms in total. The summed E-state index contributed by atoms with van der Waals surface area (Å²) in [5.41, 5.74) is 10.3. The maximum atomic E-state index is 15.2. The molecular weight excluding hydrogens is 465 g/mol. The van der Waals surface area contributed by atoms with Crippen molar-refractivity contribution in [3.8, 4) is 33.6 Å². The van der Waals surface area contributed by atoms with E-state index < -0.39 is 5.82 Å². The Morgan fingerprint density at radius 2 is 1.86 bits per heavy atom. The van der Waals surface area contributed by atoms with E-state index in [-0.39, 0.29) is 5.02 Å². The summed E-state index contributed by atoms with van der Waals surface area (Å²) in [6.07, 6.45) is 7.70. The van der Waals surface area contributed by atoms with Crippen LogP contribution in [0.25, 0.3) is 44.5 Å². The molecule has 0 bridgehead atoms. The highest BCUT2D eigenvalue weighted by Gasteiger charge is 2.24. The van der Waals surface area contributed by atoms with Crippen molar-refractivity contribution in [3.63, 3.8) is 0 Å². The number of fused-ring (bicyclic) bond motifs is 1. The lowest BCUT2D eigenvalue weighted by molar-refractivity contribution is 0.343. The third-order valence-electron chi connectivity index (χ3n) is 6.60. The second-order valence-electron chi connectivity index (χ2n) is 8.75. The van der Waals surface area contributed by atoms with Crippen LogP contribution in [0.2, 0.25) is 5.02 Å². The lowest BCUT2D eigenvalue weighted by Crippen LogP contribution is -2.29. The highest BCUT2D eigenvalue weighted by Crippen LogP contribution is 2.44. The average molecular weight is 488 g/mol. The Morgan fingerprint density at radius 3 is 2.71 bits per heavy atom. The topological polar surface area (TPSA) is 81.9 Å². The minimum atomic E-state index is -0.507. The number of rotatable bonds is 4. The Bertz CT molecular complexity index is 1540. The van der Waals surface area contributed by atoms with Gasteiger partial charge in [0.05, 0.1) is 22.8 Å². The maximum absolute atomic E-state index is 15.2. The Kier molecular flexibility index (Phi) is 5.51. The van der Waals surface area contributed by atoms with Gasteiger partial charge in [-0.2, -0.15) is 5.10 Å². The largest absolute Gasteiger partial charge is 0.455 e. The zero-order valence-corrected chi connectivity index (χ0v) is 19.6. The molecule has 0 unspecified atom stereocenters. The first kappa shape index (κ1) is 21.8. The molecule has 3 N–H and O–H groups in total. The van der Waals surface area contributed by atoms with Gasteiger partial charge in [-0.1, -0.05) is 41.9 Å². The standard InChI is InChI=1S/C27H23ClFN5O/c28-22-6-3-5-20(25(22)29)24-19-4-1-2-7-23(19)35-26(24)21-12-16(13-32-27(21)30)17-14-33-34(15-17)18-8-10-31-11-9-18/h1-7,12-15,18,31H,8-11H2,(H2,30,32). The van der Waals surface area contributed by atoms with Crippen LogP contribution in [0, 0.1) is 5.82 Å². The molecule has 0 atom stereocenters. The van der Waals surface area contributed by atoms with Crippen LogP contribution in [0.4, 0.5) is 10.2 Å². The number of nitrogen functional groups attached to an aromatic ring is 1. The zero-order chi connectivity index (χ0) is 23.9. The van der Waals surface area contributed by atoms with Crippen molar-refractivity contribution >= 4 is 28.4 Å². The molecule has 1 saturated heterocycles. The summed E-state index contributed by atoms with van der Waals surface area (Å²) in [7, 11) is 0. The molecule has 1 aliphatic rings. The summed E-state index contributed by atoms with van der Waals surface area (Å²) in [6, 6.07) is 14.8. The van der Waals surface area contributed by atoms with E-state index in [9.17, 15) is 0 Å². The van der Waals surface area contributed by atoms with Gasteiger partial charge in [-0.3, -0.25) is 4.68 Å². The summed E-state index contributed by atoms with van der Waals surface area (Å²) >= 11 is 6.13. The number of para-hydroxylation sites is 1. The number of benzene rings is 2. The summed E-state index contributed by atoms with van der Waals surface area (Å²) in [4.78, 5) is 4.45. The van der Waals surface area contributed by atoms with E-state index in [1.807, 2.05) is 47.4 Å². The molecule has 0 radical (unpaired) electrons. The fraction of sp³-hybridized carbons (Fsp3) is 0.185. The number of pyridine rings is 1. The molecule has 6 rings (SSSR count). The number of aromatic nitrogens is 3. The molecule has 0 amide bonds. The predicted molar refractivity (Wildman–Crippen MR) is 137 cm³/mol. The van der Waals surface area contributed by atoms with Crippen LogP contribution in [-0.4, -0.2) is 27.9 Å². The average Bonchev–Trinajstić information content (AvgIpc) is 3.52. The van der Waals surface area contributed by atoms with Gasteiger partial charge < -0.3 is 15.5 Å². The van der Waals surface area contributed by atoms with Gasteiger partial charge in [0.1, 0.15) is 23.0 Å². The van der Waals surface area contributed by atoms with Gasteiger partial charge in [0.15, 0.2) is 0 Å². The third kappa shape index (κ3) is 3.87. The second kappa shape index (κ2) is 8.83. The molecule has 0 saturated carbocycles. The predicted octanol–water partition coefficient (Wildman–Crippen LogP) is 6.32. The van der Waals surface area contributed by atoms with E-state index in [4.69, 9.17) is 21.8 Å². The van der Waals surface area contributed by atoms with Gasteiger partial charge in [-0.15, -0.1) is 0 Å². The first-order chi connectivity index (χ1) is 17.1. The van der Waals surface area contributed by atoms with E-state index >= 15 is 4.39 Å². The van der Waals surface area contributed by atoms with Crippen LogP contribution in [0.3, 0.4) is 0 Å². The van der Waals surface area contributed by atoms with Crippen molar-refractivity contribution in [3.05, 3.63) is 78.0 Å². The number of furan rings is 1. The fourth-order valence-electron chi connectivity index (χ4n) is 4.77. The molecule has 5 aromatic rings.